The molecule has 6 heteroatoms. The summed E-state index contributed by atoms with van der Waals surface area (Å²) in [5, 5.41) is 10.8. The number of para-hydroxylation sites is 1. The molecule has 2 amide bonds. The van der Waals surface area contributed by atoms with E-state index in [0.717, 1.165) is 42.5 Å². The Balaban J connectivity index is 1.35. The SMILES string of the molecule is Cc1cccc(Cl)c1CNC(=O)[C@H]1C[C@@H]2CC[C@]1(C)C[C@]21NC(=O)c2ccccc2N1. The number of nitrogens with one attached hydrogen (secondary N) is 3. The molecule has 4 aliphatic rings. The number of carbonyl (C=O) groups is 2. The van der Waals surface area contributed by atoms with E-state index >= 15 is 0 Å². The second-order valence-electron chi connectivity index (χ2n) is 9.70. The van der Waals surface area contributed by atoms with Crippen molar-refractivity contribution in [2.24, 2.45) is 17.3 Å². The Labute approximate surface area is 187 Å². The molecule has 0 radical (unpaired) electrons. The minimum atomic E-state index is -0.478. The van der Waals surface area contributed by atoms with E-state index in [-0.39, 0.29) is 29.1 Å². The molecule has 1 heterocycles. The van der Waals surface area contributed by atoms with Crippen LogP contribution in [0.25, 0.3) is 0 Å². The molecular weight excluding hydrogens is 410 g/mol. The summed E-state index contributed by atoms with van der Waals surface area (Å²) >= 11 is 6.34. The van der Waals surface area contributed by atoms with Crippen molar-refractivity contribution in [3.05, 3.63) is 64.2 Å². The number of halogens is 1. The third-order valence-electron chi connectivity index (χ3n) is 7.78. The first-order valence-corrected chi connectivity index (χ1v) is 11.4. The summed E-state index contributed by atoms with van der Waals surface area (Å²) in [6.07, 6.45) is 3.49. The predicted octanol–water partition coefficient (Wildman–Crippen LogP) is 4.64. The number of fused-ring (bicyclic) bond motifs is 3. The van der Waals surface area contributed by atoms with Crippen molar-refractivity contribution in [3.8, 4) is 0 Å². The molecule has 5 nitrogen and oxygen atoms in total. The summed E-state index contributed by atoms with van der Waals surface area (Å²) in [7, 11) is 0. The third kappa shape index (κ3) is 3.30. The molecule has 3 aliphatic carbocycles. The molecule has 3 fully saturated rings. The summed E-state index contributed by atoms with van der Waals surface area (Å²) in [6, 6.07) is 13.4. The van der Waals surface area contributed by atoms with Gasteiger partial charge in [-0.25, -0.2) is 0 Å². The second kappa shape index (κ2) is 7.27. The summed E-state index contributed by atoms with van der Waals surface area (Å²) in [6.45, 7) is 4.65. The minimum absolute atomic E-state index is 0.0271. The lowest BCUT2D eigenvalue weighted by Gasteiger charge is -2.60. The van der Waals surface area contributed by atoms with Gasteiger partial charge in [-0.2, -0.15) is 0 Å². The van der Waals surface area contributed by atoms with Crippen molar-refractivity contribution >= 4 is 29.1 Å². The molecular formula is C25H28ClN3O2. The smallest absolute Gasteiger partial charge is 0.255 e. The number of aryl methyl sites for hydroxylation is 1. The number of anilines is 1. The average Bonchev–Trinajstić information content (AvgIpc) is 2.73. The first-order chi connectivity index (χ1) is 14.8. The number of carbonyl (C=O) groups excluding carboxylic acids is 2. The lowest BCUT2D eigenvalue weighted by Crippen LogP contribution is -2.70. The second-order valence-corrected chi connectivity index (χ2v) is 10.1. The van der Waals surface area contributed by atoms with Crippen LogP contribution in [-0.2, 0) is 11.3 Å². The van der Waals surface area contributed by atoms with Crippen LogP contribution in [-0.4, -0.2) is 17.5 Å². The topological polar surface area (TPSA) is 70.2 Å². The van der Waals surface area contributed by atoms with E-state index < -0.39 is 5.66 Å². The van der Waals surface area contributed by atoms with Crippen LogP contribution in [0.4, 0.5) is 5.69 Å². The van der Waals surface area contributed by atoms with E-state index in [9.17, 15) is 9.59 Å². The van der Waals surface area contributed by atoms with Gasteiger partial charge in [0, 0.05) is 29.1 Å². The van der Waals surface area contributed by atoms with Crippen molar-refractivity contribution in [1.82, 2.24) is 10.6 Å². The molecule has 1 spiro atoms. The normalized spacial score (nSPS) is 31.0. The van der Waals surface area contributed by atoms with Crippen LogP contribution in [0.15, 0.2) is 42.5 Å². The Morgan fingerprint density at radius 2 is 2.00 bits per heavy atom. The van der Waals surface area contributed by atoms with E-state index in [1.165, 1.54) is 0 Å². The fraction of sp³-hybridized carbons (Fsp3) is 0.440. The van der Waals surface area contributed by atoms with Gasteiger partial charge in [0.2, 0.25) is 5.91 Å². The lowest BCUT2D eigenvalue weighted by molar-refractivity contribution is -0.139. The average molecular weight is 438 g/mol. The zero-order valence-corrected chi connectivity index (χ0v) is 18.7. The van der Waals surface area contributed by atoms with Crippen LogP contribution in [0.5, 0.6) is 0 Å². The predicted molar refractivity (Wildman–Crippen MR) is 122 cm³/mol. The van der Waals surface area contributed by atoms with Gasteiger partial charge >= 0.3 is 0 Å². The number of hydrogen-bond donors (Lipinski definition) is 3. The Morgan fingerprint density at radius 1 is 1.19 bits per heavy atom. The molecule has 3 saturated carbocycles. The highest BCUT2D eigenvalue weighted by atomic mass is 35.5. The van der Waals surface area contributed by atoms with E-state index in [0.29, 0.717) is 17.1 Å². The molecule has 2 aromatic carbocycles. The van der Waals surface area contributed by atoms with Crippen LogP contribution in [0.3, 0.4) is 0 Å². The standard InChI is InChI=1S/C25H28ClN3O2/c1-15-6-5-8-20(26)18(15)13-27-23(31)19-12-16-10-11-24(19,2)14-25(16)28-21-9-4-3-7-17(21)22(30)29-25/h3-9,16,19,28H,10-14H2,1-2H3,(H,27,31)(H,29,30)/t16-,19+,24+,25-/m0/s1. The lowest BCUT2D eigenvalue weighted by atomic mass is 9.51. The van der Waals surface area contributed by atoms with Crippen molar-refractivity contribution < 1.29 is 9.59 Å². The highest BCUT2D eigenvalue weighted by Gasteiger charge is 2.60. The summed E-state index contributed by atoms with van der Waals surface area (Å²) < 4.78 is 0. The van der Waals surface area contributed by atoms with Crippen LogP contribution >= 0.6 is 11.6 Å². The maximum atomic E-state index is 13.3. The van der Waals surface area contributed by atoms with Crippen LogP contribution in [0.2, 0.25) is 5.02 Å². The molecule has 0 unspecified atom stereocenters. The molecule has 4 atom stereocenters. The molecule has 3 N–H and O–H groups in total. The maximum absolute atomic E-state index is 13.3. The zero-order chi connectivity index (χ0) is 21.8. The van der Waals surface area contributed by atoms with E-state index in [2.05, 4.69) is 22.9 Å². The van der Waals surface area contributed by atoms with Gasteiger partial charge in [-0.3, -0.25) is 9.59 Å². The van der Waals surface area contributed by atoms with Crippen molar-refractivity contribution in [1.29, 1.82) is 0 Å². The van der Waals surface area contributed by atoms with E-state index in [1.54, 1.807) is 0 Å². The molecule has 0 aromatic heterocycles. The summed E-state index contributed by atoms with van der Waals surface area (Å²) in [5.41, 5.74) is 2.96. The van der Waals surface area contributed by atoms with E-state index in [1.807, 2.05) is 49.4 Å². The van der Waals surface area contributed by atoms with Crippen molar-refractivity contribution in [2.75, 3.05) is 5.32 Å². The van der Waals surface area contributed by atoms with E-state index in [4.69, 9.17) is 11.6 Å². The minimum Gasteiger partial charge on any atom is -0.362 e. The Kier molecular flexibility index (Phi) is 4.78. The monoisotopic (exact) mass is 437 g/mol. The van der Waals surface area contributed by atoms with Crippen LogP contribution < -0.4 is 16.0 Å². The van der Waals surface area contributed by atoms with Crippen molar-refractivity contribution in [2.45, 2.75) is 51.7 Å². The van der Waals surface area contributed by atoms with Gasteiger partial charge < -0.3 is 16.0 Å². The fourth-order valence-corrected chi connectivity index (χ4v) is 6.33. The molecule has 2 aromatic rings. The largest absolute Gasteiger partial charge is 0.362 e. The van der Waals surface area contributed by atoms with Crippen LogP contribution in [0.1, 0.15) is 54.1 Å². The molecule has 162 valence electrons. The number of rotatable bonds is 3. The number of amides is 2. The van der Waals surface area contributed by atoms with Crippen molar-refractivity contribution in [3.63, 3.8) is 0 Å². The first kappa shape index (κ1) is 20.4. The molecule has 31 heavy (non-hydrogen) atoms. The van der Waals surface area contributed by atoms with Gasteiger partial charge in [-0.15, -0.1) is 0 Å². The number of hydrogen-bond acceptors (Lipinski definition) is 3. The van der Waals surface area contributed by atoms with Gasteiger partial charge in [-0.1, -0.05) is 42.8 Å². The fourth-order valence-electron chi connectivity index (χ4n) is 6.04. The van der Waals surface area contributed by atoms with Gasteiger partial charge in [0.05, 0.1) is 5.56 Å². The first-order valence-electron chi connectivity index (χ1n) is 11.0. The van der Waals surface area contributed by atoms with Gasteiger partial charge in [0.1, 0.15) is 5.66 Å². The Hall–Kier alpha value is -2.53. The number of benzene rings is 2. The highest BCUT2D eigenvalue weighted by Crippen LogP contribution is 2.58. The zero-order valence-electron chi connectivity index (χ0n) is 17.9. The Bertz CT molecular complexity index is 1050. The maximum Gasteiger partial charge on any atom is 0.255 e. The Morgan fingerprint density at radius 3 is 2.77 bits per heavy atom. The molecule has 2 bridgehead atoms. The summed E-state index contributed by atoms with van der Waals surface area (Å²) in [4.78, 5) is 26.1. The third-order valence-corrected chi connectivity index (χ3v) is 8.13. The van der Waals surface area contributed by atoms with Gasteiger partial charge in [0.25, 0.3) is 5.91 Å². The van der Waals surface area contributed by atoms with Crippen LogP contribution in [0, 0.1) is 24.2 Å². The molecule has 1 aliphatic heterocycles. The van der Waals surface area contributed by atoms with Gasteiger partial charge in [0.15, 0.2) is 0 Å². The van der Waals surface area contributed by atoms with Gasteiger partial charge in [-0.05, 0) is 67.3 Å². The molecule has 0 saturated heterocycles. The summed E-state index contributed by atoms with van der Waals surface area (Å²) in [5.74, 6) is 0.199. The quantitative estimate of drug-likeness (QED) is 0.655. The molecule has 6 rings (SSSR count). The highest BCUT2D eigenvalue weighted by molar-refractivity contribution is 6.31.